The van der Waals surface area contributed by atoms with Gasteiger partial charge < -0.3 is 19.5 Å². The number of ether oxygens (including phenoxy) is 3. The number of nitrogens with one attached hydrogen (secondary N) is 1. The molecule has 8 heteroatoms. The minimum atomic E-state index is -0.292. The second-order valence-corrected chi connectivity index (χ2v) is 7.56. The third-order valence-electron chi connectivity index (χ3n) is 4.74. The molecule has 1 N–H and O–H groups in total. The zero-order chi connectivity index (χ0) is 19.5. The Kier molecular flexibility index (Phi) is 5.29. The van der Waals surface area contributed by atoms with Crippen LogP contribution in [-0.2, 0) is 17.6 Å². The van der Waals surface area contributed by atoms with Crippen molar-refractivity contribution in [1.82, 2.24) is 9.97 Å². The van der Waals surface area contributed by atoms with Crippen LogP contribution >= 0.6 is 11.3 Å². The number of anilines is 1. The quantitative estimate of drug-likeness (QED) is 0.682. The number of aromatic nitrogens is 2. The zero-order valence-electron chi connectivity index (χ0n) is 15.8. The molecular weight excluding hydrogens is 378 g/mol. The second kappa shape index (κ2) is 8.02. The van der Waals surface area contributed by atoms with Gasteiger partial charge in [-0.15, -0.1) is 11.3 Å². The van der Waals surface area contributed by atoms with E-state index in [0.717, 1.165) is 29.5 Å². The summed E-state index contributed by atoms with van der Waals surface area (Å²) in [6, 6.07) is 5.19. The molecule has 0 fully saturated rings. The molecule has 146 valence electrons. The normalized spacial score (nSPS) is 13.1. The van der Waals surface area contributed by atoms with Crippen molar-refractivity contribution in [3.63, 3.8) is 0 Å². The lowest BCUT2D eigenvalue weighted by molar-refractivity contribution is -0.118. The van der Waals surface area contributed by atoms with Crippen LogP contribution in [0.4, 0.5) is 5.69 Å². The highest BCUT2D eigenvalue weighted by atomic mass is 32.1. The van der Waals surface area contributed by atoms with Crippen molar-refractivity contribution in [3.8, 4) is 17.4 Å². The Bertz CT molecular complexity index is 1020. The molecule has 0 spiro atoms. The van der Waals surface area contributed by atoms with Gasteiger partial charge in [-0.3, -0.25) is 4.79 Å². The molecule has 2 aromatic heterocycles. The van der Waals surface area contributed by atoms with E-state index in [1.807, 2.05) is 0 Å². The number of amides is 1. The van der Waals surface area contributed by atoms with Gasteiger partial charge >= 0.3 is 0 Å². The maximum Gasteiger partial charge on any atom is 0.262 e. The highest BCUT2D eigenvalue weighted by molar-refractivity contribution is 7.18. The molecule has 4 rings (SSSR count). The van der Waals surface area contributed by atoms with Gasteiger partial charge in [-0.05, 0) is 43.4 Å². The summed E-state index contributed by atoms with van der Waals surface area (Å²) in [5.41, 5.74) is 1.83. The van der Waals surface area contributed by atoms with Gasteiger partial charge in [-0.1, -0.05) is 0 Å². The van der Waals surface area contributed by atoms with Crippen LogP contribution in [0.2, 0.25) is 0 Å². The van der Waals surface area contributed by atoms with Crippen LogP contribution in [0.15, 0.2) is 24.5 Å². The molecule has 1 amide bonds. The Morgan fingerprint density at radius 2 is 2.04 bits per heavy atom. The fourth-order valence-corrected chi connectivity index (χ4v) is 4.61. The smallest absolute Gasteiger partial charge is 0.262 e. The molecule has 7 nitrogen and oxygen atoms in total. The fraction of sp³-hybridized carbons (Fsp3) is 0.350. The molecule has 0 saturated heterocycles. The molecule has 1 aliphatic carbocycles. The summed E-state index contributed by atoms with van der Waals surface area (Å²) in [4.78, 5) is 23.3. The predicted molar refractivity (Wildman–Crippen MR) is 108 cm³/mol. The van der Waals surface area contributed by atoms with Crippen molar-refractivity contribution < 1.29 is 19.0 Å². The van der Waals surface area contributed by atoms with E-state index in [2.05, 4.69) is 15.3 Å². The van der Waals surface area contributed by atoms with Gasteiger partial charge in [0.05, 0.1) is 25.3 Å². The van der Waals surface area contributed by atoms with Crippen LogP contribution in [0, 0.1) is 0 Å². The van der Waals surface area contributed by atoms with Gasteiger partial charge in [0.15, 0.2) is 6.61 Å². The van der Waals surface area contributed by atoms with Gasteiger partial charge in [0, 0.05) is 10.9 Å². The van der Waals surface area contributed by atoms with Gasteiger partial charge in [-0.2, -0.15) is 0 Å². The number of hydrogen-bond acceptors (Lipinski definition) is 7. The number of hydrogen-bond donors (Lipinski definition) is 1. The molecular formula is C20H21N3O4S. The first-order chi connectivity index (χ1) is 13.7. The molecule has 0 bridgehead atoms. The minimum Gasteiger partial charge on any atom is -0.497 e. The summed E-state index contributed by atoms with van der Waals surface area (Å²) in [5.74, 6) is 1.35. The van der Waals surface area contributed by atoms with Crippen molar-refractivity contribution >= 4 is 33.1 Å². The first kappa shape index (κ1) is 18.5. The molecule has 0 radical (unpaired) electrons. The van der Waals surface area contributed by atoms with Crippen molar-refractivity contribution in [3.05, 3.63) is 35.0 Å². The molecule has 0 saturated carbocycles. The predicted octanol–water partition coefficient (Wildman–Crippen LogP) is 3.60. The van der Waals surface area contributed by atoms with Gasteiger partial charge in [-0.25, -0.2) is 9.97 Å². The number of fused-ring (bicyclic) bond motifs is 3. The maximum atomic E-state index is 12.4. The van der Waals surface area contributed by atoms with E-state index in [-0.39, 0.29) is 12.5 Å². The maximum absolute atomic E-state index is 12.4. The summed E-state index contributed by atoms with van der Waals surface area (Å²) in [6.45, 7) is -0.147. The molecule has 3 aromatic rings. The first-order valence-corrected chi connectivity index (χ1v) is 9.91. The van der Waals surface area contributed by atoms with E-state index in [0.29, 0.717) is 23.1 Å². The van der Waals surface area contributed by atoms with Crippen LogP contribution in [0.25, 0.3) is 10.2 Å². The SMILES string of the molecule is COc1ccc(NC(=O)COc2ncnc3sc4c(c23)CCCC4)c(OC)c1. The molecule has 0 unspecified atom stereocenters. The Labute approximate surface area is 166 Å². The fourth-order valence-electron chi connectivity index (χ4n) is 3.39. The lowest BCUT2D eigenvalue weighted by Crippen LogP contribution is -2.21. The molecule has 28 heavy (non-hydrogen) atoms. The topological polar surface area (TPSA) is 82.6 Å². The van der Waals surface area contributed by atoms with E-state index in [1.165, 1.54) is 30.3 Å². The van der Waals surface area contributed by atoms with E-state index >= 15 is 0 Å². The van der Waals surface area contributed by atoms with Crippen molar-refractivity contribution in [1.29, 1.82) is 0 Å². The molecule has 0 atom stereocenters. The van der Waals surface area contributed by atoms with Crippen LogP contribution in [0.3, 0.4) is 0 Å². The Morgan fingerprint density at radius 1 is 1.18 bits per heavy atom. The van der Waals surface area contributed by atoms with Crippen LogP contribution in [-0.4, -0.2) is 36.7 Å². The summed E-state index contributed by atoms with van der Waals surface area (Å²) < 4.78 is 16.3. The number of thiophene rings is 1. The van der Waals surface area contributed by atoms with E-state index in [1.54, 1.807) is 36.6 Å². The number of nitrogens with zero attached hydrogens (tertiary/aromatic N) is 2. The molecule has 0 aliphatic heterocycles. The van der Waals surface area contributed by atoms with E-state index < -0.39 is 0 Å². The number of aryl methyl sites for hydroxylation is 2. The van der Waals surface area contributed by atoms with E-state index in [4.69, 9.17) is 14.2 Å². The molecule has 1 aliphatic rings. The molecule has 1 aromatic carbocycles. The Morgan fingerprint density at radius 3 is 2.86 bits per heavy atom. The van der Waals surface area contributed by atoms with Gasteiger partial charge in [0.1, 0.15) is 22.7 Å². The van der Waals surface area contributed by atoms with Crippen molar-refractivity contribution in [2.24, 2.45) is 0 Å². The van der Waals surface area contributed by atoms with Crippen molar-refractivity contribution in [2.75, 3.05) is 26.1 Å². The van der Waals surface area contributed by atoms with Gasteiger partial charge in [0.25, 0.3) is 5.91 Å². The number of carbonyl (C=O) groups is 1. The number of benzene rings is 1. The average Bonchev–Trinajstić information content (AvgIpc) is 3.11. The number of methoxy groups -OCH3 is 2. The lowest BCUT2D eigenvalue weighted by Gasteiger charge is -2.13. The van der Waals surface area contributed by atoms with Gasteiger partial charge in [0.2, 0.25) is 5.88 Å². The molecule has 2 heterocycles. The van der Waals surface area contributed by atoms with Crippen molar-refractivity contribution in [2.45, 2.75) is 25.7 Å². The van der Waals surface area contributed by atoms with Crippen LogP contribution in [0.5, 0.6) is 17.4 Å². The van der Waals surface area contributed by atoms with Crippen LogP contribution < -0.4 is 19.5 Å². The Hall–Kier alpha value is -2.87. The number of rotatable bonds is 6. The van der Waals surface area contributed by atoms with Crippen LogP contribution in [0.1, 0.15) is 23.3 Å². The monoisotopic (exact) mass is 399 g/mol. The van der Waals surface area contributed by atoms with E-state index in [9.17, 15) is 4.79 Å². The standard InChI is InChI=1S/C20H21N3O4S/c1-25-12-7-8-14(15(9-12)26-2)23-17(24)10-27-19-18-13-5-3-4-6-16(13)28-20(18)22-11-21-19/h7-9,11H,3-6,10H2,1-2H3,(H,23,24). The lowest BCUT2D eigenvalue weighted by atomic mass is 9.97. The summed E-state index contributed by atoms with van der Waals surface area (Å²) in [6.07, 6.45) is 5.94. The Balaban J connectivity index is 1.49. The average molecular weight is 399 g/mol. The largest absolute Gasteiger partial charge is 0.497 e. The number of carbonyl (C=O) groups excluding carboxylic acids is 1. The third-order valence-corrected chi connectivity index (χ3v) is 5.94. The minimum absolute atomic E-state index is 0.147. The summed E-state index contributed by atoms with van der Waals surface area (Å²) in [5, 5.41) is 3.76. The first-order valence-electron chi connectivity index (χ1n) is 9.09. The summed E-state index contributed by atoms with van der Waals surface area (Å²) in [7, 11) is 3.12. The zero-order valence-corrected chi connectivity index (χ0v) is 16.6. The third kappa shape index (κ3) is 3.60. The highest BCUT2D eigenvalue weighted by Gasteiger charge is 2.21. The highest BCUT2D eigenvalue weighted by Crippen LogP contribution is 2.39. The summed E-state index contributed by atoms with van der Waals surface area (Å²) >= 11 is 1.70. The second-order valence-electron chi connectivity index (χ2n) is 6.47.